The summed E-state index contributed by atoms with van der Waals surface area (Å²) in [5, 5.41) is 0. The minimum atomic E-state index is -0.409. The van der Waals surface area contributed by atoms with E-state index in [0.29, 0.717) is 10.5 Å². The van der Waals surface area contributed by atoms with E-state index in [2.05, 4.69) is 25.9 Å². The van der Waals surface area contributed by atoms with E-state index in [1.54, 1.807) is 12.1 Å². The molecule has 3 nitrogen and oxygen atoms in total. The van der Waals surface area contributed by atoms with Crippen LogP contribution in [0.2, 0.25) is 0 Å². The average molecular weight is 329 g/mol. The monoisotopic (exact) mass is 328 g/mol. The van der Waals surface area contributed by atoms with Crippen LogP contribution in [-0.4, -0.2) is 17.1 Å². The van der Waals surface area contributed by atoms with Crippen molar-refractivity contribution in [3.05, 3.63) is 38.8 Å². The number of halogens is 2. The van der Waals surface area contributed by atoms with Gasteiger partial charge in [0.05, 0.1) is 11.6 Å². The standard InChI is InChI=1S/C12H10BrFN2OS/c1-6-10(13)12(18)16-11(15-6)7-3-4-8(14)9(5-7)17-2/h3-5H,1-2H3,(H,15,16,18). The second kappa shape index (κ2) is 5.16. The maximum atomic E-state index is 13.3. The van der Waals surface area contributed by atoms with Gasteiger partial charge in [-0.2, -0.15) is 0 Å². The lowest BCUT2D eigenvalue weighted by Gasteiger charge is -2.07. The molecule has 0 aliphatic carbocycles. The molecule has 1 aromatic heterocycles. The van der Waals surface area contributed by atoms with Crippen LogP contribution in [0.15, 0.2) is 22.7 Å². The summed E-state index contributed by atoms with van der Waals surface area (Å²) in [5.41, 5.74) is 1.59. The van der Waals surface area contributed by atoms with Gasteiger partial charge in [0, 0.05) is 11.3 Å². The van der Waals surface area contributed by atoms with Crippen LogP contribution < -0.4 is 4.74 Å². The topological polar surface area (TPSA) is 37.9 Å². The van der Waals surface area contributed by atoms with E-state index < -0.39 is 5.82 Å². The highest BCUT2D eigenvalue weighted by Crippen LogP contribution is 2.25. The number of hydrogen-bond donors (Lipinski definition) is 1. The van der Waals surface area contributed by atoms with Gasteiger partial charge in [0.15, 0.2) is 11.6 Å². The smallest absolute Gasteiger partial charge is 0.165 e. The molecule has 0 aliphatic heterocycles. The number of methoxy groups -OCH3 is 1. The first-order valence-electron chi connectivity index (χ1n) is 5.13. The van der Waals surface area contributed by atoms with Gasteiger partial charge < -0.3 is 9.72 Å². The highest BCUT2D eigenvalue weighted by molar-refractivity contribution is 9.10. The Morgan fingerprint density at radius 1 is 1.44 bits per heavy atom. The highest BCUT2D eigenvalue weighted by atomic mass is 79.9. The van der Waals surface area contributed by atoms with Crippen LogP contribution in [0, 0.1) is 17.4 Å². The summed E-state index contributed by atoms with van der Waals surface area (Å²) in [6.45, 7) is 1.88. The fourth-order valence-electron chi connectivity index (χ4n) is 1.52. The summed E-state index contributed by atoms with van der Waals surface area (Å²) in [4.78, 5) is 7.34. The van der Waals surface area contributed by atoms with Crippen molar-refractivity contribution in [1.29, 1.82) is 0 Å². The van der Waals surface area contributed by atoms with E-state index in [0.717, 1.165) is 15.7 Å². The molecule has 0 radical (unpaired) electrons. The minimum Gasteiger partial charge on any atom is -0.494 e. The second-order valence-electron chi connectivity index (χ2n) is 3.68. The van der Waals surface area contributed by atoms with Crippen LogP contribution in [-0.2, 0) is 0 Å². The van der Waals surface area contributed by atoms with E-state index in [9.17, 15) is 4.39 Å². The normalized spacial score (nSPS) is 10.4. The Hall–Kier alpha value is -1.27. The molecule has 6 heteroatoms. The third kappa shape index (κ3) is 2.44. The molecule has 0 aliphatic rings. The molecule has 94 valence electrons. The maximum absolute atomic E-state index is 13.3. The summed E-state index contributed by atoms with van der Waals surface area (Å²) in [6.07, 6.45) is 0. The molecule has 0 bridgehead atoms. The zero-order chi connectivity index (χ0) is 13.3. The molecule has 0 amide bonds. The number of aromatic amines is 1. The first-order valence-corrected chi connectivity index (χ1v) is 6.33. The molecule has 0 spiro atoms. The molecule has 1 heterocycles. The fourth-order valence-corrected chi connectivity index (χ4v) is 1.95. The lowest BCUT2D eigenvalue weighted by molar-refractivity contribution is 0.386. The third-order valence-corrected chi connectivity index (χ3v) is 3.99. The largest absolute Gasteiger partial charge is 0.494 e. The number of benzene rings is 1. The van der Waals surface area contributed by atoms with Crippen LogP contribution in [0.4, 0.5) is 4.39 Å². The number of hydrogen-bond acceptors (Lipinski definition) is 3. The number of H-pyrrole nitrogens is 1. The van der Waals surface area contributed by atoms with E-state index >= 15 is 0 Å². The van der Waals surface area contributed by atoms with E-state index in [-0.39, 0.29) is 5.75 Å². The second-order valence-corrected chi connectivity index (χ2v) is 4.86. The van der Waals surface area contributed by atoms with Crippen molar-refractivity contribution < 1.29 is 9.13 Å². The molecule has 0 saturated carbocycles. The van der Waals surface area contributed by atoms with Crippen molar-refractivity contribution in [2.24, 2.45) is 0 Å². The highest BCUT2D eigenvalue weighted by Gasteiger charge is 2.08. The van der Waals surface area contributed by atoms with Gasteiger partial charge in [0.25, 0.3) is 0 Å². The number of ether oxygens (including phenoxy) is 1. The molecule has 1 aromatic carbocycles. The molecule has 0 unspecified atom stereocenters. The first-order chi connectivity index (χ1) is 8.52. The van der Waals surface area contributed by atoms with Crippen LogP contribution in [0.1, 0.15) is 5.69 Å². The minimum absolute atomic E-state index is 0.175. The summed E-state index contributed by atoms with van der Waals surface area (Å²) >= 11 is 8.47. The Kier molecular flexibility index (Phi) is 3.77. The summed E-state index contributed by atoms with van der Waals surface area (Å²) < 4.78 is 19.5. The van der Waals surface area contributed by atoms with E-state index in [1.807, 2.05) is 6.92 Å². The number of rotatable bonds is 2. The predicted molar refractivity (Wildman–Crippen MR) is 73.8 cm³/mol. The van der Waals surface area contributed by atoms with Gasteiger partial charge >= 0.3 is 0 Å². The van der Waals surface area contributed by atoms with Crippen LogP contribution in [0.3, 0.4) is 0 Å². The average Bonchev–Trinajstić information content (AvgIpc) is 2.36. The Balaban J connectivity index is 2.59. The summed E-state index contributed by atoms with van der Waals surface area (Å²) in [7, 11) is 1.42. The fraction of sp³-hybridized carbons (Fsp3) is 0.167. The van der Waals surface area contributed by atoms with Crippen LogP contribution >= 0.6 is 28.1 Å². The first kappa shape index (κ1) is 13.2. The van der Waals surface area contributed by atoms with Crippen molar-refractivity contribution in [2.45, 2.75) is 6.92 Å². The zero-order valence-corrected chi connectivity index (χ0v) is 12.2. The maximum Gasteiger partial charge on any atom is 0.165 e. The van der Waals surface area contributed by atoms with Gasteiger partial charge in [-0.1, -0.05) is 12.2 Å². The number of aromatic nitrogens is 2. The van der Waals surface area contributed by atoms with Crippen molar-refractivity contribution in [3.8, 4) is 17.1 Å². The molecule has 2 aromatic rings. The lowest BCUT2D eigenvalue weighted by Crippen LogP contribution is -1.95. The van der Waals surface area contributed by atoms with Crippen LogP contribution in [0.5, 0.6) is 5.75 Å². The van der Waals surface area contributed by atoms with E-state index in [4.69, 9.17) is 17.0 Å². The molecule has 18 heavy (non-hydrogen) atoms. The Morgan fingerprint density at radius 2 is 2.17 bits per heavy atom. The number of aryl methyl sites for hydroxylation is 1. The van der Waals surface area contributed by atoms with E-state index in [1.165, 1.54) is 13.2 Å². The zero-order valence-electron chi connectivity index (χ0n) is 9.75. The van der Waals surface area contributed by atoms with Gasteiger partial charge in [-0.25, -0.2) is 9.37 Å². The van der Waals surface area contributed by atoms with Crippen molar-refractivity contribution in [1.82, 2.24) is 9.97 Å². The Labute approximate surface area is 117 Å². The molecule has 0 atom stereocenters. The lowest BCUT2D eigenvalue weighted by atomic mass is 10.2. The predicted octanol–water partition coefficient (Wildman–Crippen LogP) is 4.02. The third-order valence-electron chi connectivity index (χ3n) is 2.46. The van der Waals surface area contributed by atoms with Crippen LogP contribution in [0.25, 0.3) is 11.4 Å². The van der Waals surface area contributed by atoms with Gasteiger partial charge in [0.2, 0.25) is 0 Å². The molecule has 1 N–H and O–H groups in total. The molecular weight excluding hydrogens is 319 g/mol. The molecule has 0 fully saturated rings. The molecule has 2 rings (SSSR count). The molecule has 0 saturated heterocycles. The molecular formula is C12H10BrFN2OS. The Morgan fingerprint density at radius 3 is 2.78 bits per heavy atom. The van der Waals surface area contributed by atoms with Gasteiger partial charge in [-0.3, -0.25) is 0 Å². The van der Waals surface area contributed by atoms with Gasteiger partial charge in [0.1, 0.15) is 10.5 Å². The number of nitrogens with zero attached hydrogens (tertiary/aromatic N) is 1. The summed E-state index contributed by atoms with van der Waals surface area (Å²) in [6, 6.07) is 4.54. The van der Waals surface area contributed by atoms with Crippen molar-refractivity contribution >= 4 is 28.1 Å². The Bertz CT molecular complexity index is 657. The van der Waals surface area contributed by atoms with Crippen molar-refractivity contribution in [3.63, 3.8) is 0 Å². The number of nitrogens with one attached hydrogen (secondary N) is 1. The SMILES string of the molecule is COc1cc(-c2nc(=S)c(Br)c(C)[nH]2)ccc1F. The van der Waals surface area contributed by atoms with Gasteiger partial charge in [-0.05, 0) is 41.1 Å². The van der Waals surface area contributed by atoms with Gasteiger partial charge in [-0.15, -0.1) is 0 Å². The quantitative estimate of drug-likeness (QED) is 0.846. The van der Waals surface area contributed by atoms with Crippen molar-refractivity contribution in [2.75, 3.05) is 7.11 Å². The summed E-state index contributed by atoms with van der Waals surface area (Å²) in [5.74, 6) is 0.349.